The maximum Gasteiger partial charge on any atom is 0.162 e. The minimum atomic E-state index is -0.982. The van der Waals surface area contributed by atoms with Crippen LogP contribution in [-0.4, -0.2) is 35.4 Å². The average Bonchev–Trinajstić information content (AvgIpc) is 2.89. The van der Waals surface area contributed by atoms with E-state index in [1.807, 2.05) is 72.8 Å². The van der Waals surface area contributed by atoms with Gasteiger partial charge in [-0.1, -0.05) is 106 Å². The van der Waals surface area contributed by atoms with Gasteiger partial charge in [-0.2, -0.15) is 0 Å². The maximum atomic E-state index is 12.7. The van der Waals surface area contributed by atoms with Gasteiger partial charge in [0.2, 0.25) is 0 Å². The average molecular weight is 484 g/mol. The van der Waals surface area contributed by atoms with E-state index in [1.165, 1.54) is 5.56 Å². The Morgan fingerprint density at radius 1 is 0.833 bits per heavy atom. The first kappa shape index (κ1) is 26.3. The second-order valence-electron chi connectivity index (χ2n) is 11.6. The Bertz CT molecular complexity index is 1050. The Balaban J connectivity index is 1.30. The van der Waals surface area contributed by atoms with Crippen LogP contribution in [0.25, 0.3) is 0 Å². The fraction of sp³-hybridized carbons (Fsp3) is 0.424. The van der Waals surface area contributed by atoms with Crippen LogP contribution in [0.3, 0.4) is 0 Å². The Kier molecular flexibility index (Phi) is 8.43. The number of likely N-dealkylation sites (tertiary alicyclic amines) is 1. The molecule has 3 aromatic carbocycles. The summed E-state index contributed by atoms with van der Waals surface area (Å²) in [5.41, 5.74) is 3.30. The molecule has 0 bridgehead atoms. The van der Waals surface area contributed by atoms with Gasteiger partial charge >= 0.3 is 0 Å². The maximum absolute atomic E-state index is 12.7. The lowest BCUT2D eigenvalue weighted by atomic mass is 9.72. The fourth-order valence-electron chi connectivity index (χ4n) is 5.63. The number of carbonyl (C=O) groups is 1. The Labute approximate surface area is 217 Å². The highest BCUT2D eigenvalue weighted by molar-refractivity contribution is 5.96. The third-order valence-corrected chi connectivity index (χ3v) is 7.49. The highest BCUT2D eigenvalue weighted by Gasteiger charge is 2.41. The zero-order valence-corrected chi connectivity index (χ0v) is 22.1. The molecule has 190 valence electrons. The van der Waals surface area contributed by atoms with Crippen molar-refractivity contribution in [1.29, 1.82) is 0 Å². The predicted octanol–water partition coefficient (Wildman–Crippen LogP) is 6.89. The summed E-state index contributed by atoms with van der Waals surface area (Å²) in [5.74, 6) is 0.390. The third-order valence-electron chi connectivity index (χ3n) is 7.49. The predicted molar refractivity (Wildman–Crippen MR) is 148 cm³/mol. The van der Waals surface area contributed by atoms with Crippen molar-refractivity contribution in [2.24, 2.45) is 11.3 Å². The molecule has 3 heteroatoms. The van der Waals surface area contributed by atoms with Crippen molar-refractivity contribution in [3.8, 4) is 0 Å². The smallest absolute Gasteiger partial charge is 0.162 e. The van der Waals surface area contributed by atoms with Crippen LogP contribution in [0.15, 0.2) is 84.9 Å². The summed E-state index contributed by atoms with van der Waals surface area (Å²) in [5, 5.41) is 12.1. The molecule has 1 fully saturated rings. The number of hydrogen-bond acceptors (Lipinski definition) is 3. The van der Waals surface area contributed by atoms with Crippen molar-refractivity contribution < 1.29 is 9.90 Å². The molecule has 1 aliphatic rings. The molecule has 36 heavy (non-hydrogen) atoms. The van der Waals surface area contributed by atoms with Gasteiger partial charge in [-0.25, -0.2) is 0 Å². The number of Topliss-reactive ketones (excluding diaryl/α,β-unsaturated/α-hetero) is 1. The minimum absolute atomic E-state index is 0.159. The topological polar surface area (TPSA) is 40.5 Å². The molecule has 1 heterocycles. The quantitative estimate of drug-likeness (QED) is 0.337. The lowest BCUT2D eigenvalue weighted by molar-refractivity contribution is -0.0142. The zero-order chi connectivity index (χ0) is 25.6. The second-order valence-corrected chi connectivity index (χ2v) is 11.6. The van der Waals surface area contributed by atoms with E-state index in [0.717, 1.165) is 62.0 Å². The number of aliphatic hydroxyl groups is 1. The van der Waals surface area contributed by atoms with Crippen molar-refractivity contribution >= 4 is 5.78 Å². The fourth-order valence-corrected chi connectivity index (χ4v) is 5.63. The number of ketones is 1. The van der Waals surface area contributed by atoms with Gasteiger partial charge in [-0.05, 0) is 73.3 Å². The molecule has 0 radical (unpaired) electrons. The summed E-state index contributed by atoms with van der Waals surface area (Å²) in [6.45, 7) is 9.52. The van der Waals surface area contributed by atoms with Crippen molar-refractivity contribution in [1.82, 2.24) is 4.90 Å². The zero-order valence-electron chi connectivity index (χ0n) is 22.1. The van der Waals surface area contributed by atoms with E-state index in [2.05, 4.69) is 37.8 Å². The number of carbonyl (C=O) groups excluding carboxylic acids is 1. The summed E-state index contributed by atoms with van der Waals surface area (Å²) in [7, 11) is 0. The van der Waals surface area contributed by atoms with Crippen molar-refractivity contribution in [2.75, 3.05) is 19.6 Å². The van der Waals surface area contributed by atoms with Crippen LogP contribution < -0.4 is 0 Å². The molecular weight excluding hydrogens is 442 g/mol. The Morgan fingerprint density at radius 3 is 1.86 bits per heavy atom. The summed E-state index contributed by atoms with van der Waals surface area (Å²) in [6.07, 6.45) is 4.33. The monoisotopic (exact) mass is 483 g/mol. The van der Waals surface area contributed by atoms with Crippen molar-refractivity contribution in [3.63, 3.8) is 0 Å². The van der Waals surface area contributed by atoms with Gasteiger partial charge in [0.1, 0.15) is 5.60 Å². The lowest BCUT2D eigenvalue weighted by Gasteiger charge is -2.42. The number of hydrogen-bond donors (Lipinski definition) is 1. The van der Waals surface area contributed by atoms with Gasteiger partial charge < -0.3 is 10.0 Å². The van der Waals surface area contributed by atoms with Gasteiger partial charge in [0.15, 0.2) is 5.78 Å². The summed E-state index contributed by atoms with van der Waals surface area (Å²) in [4.78, 5) is 15.2. The van der Waals surface area contributed by atoms with E-state index >= 15 is 0 Å². The summed E-state index contributed by atoms with van der Waals surface area (Å²) >= 11 is 0. The van der Waals surface area contributed by atoms with Crippen LogP contribution in [0, 0.1) is 11.3 Å². The molecule has 3 aromatic rings. The minimum Gasteiger partial charge on any atom is -0.380 e. The molecule has 3 nitrogen and oxygen atoms in total. The first-order valence-corrected chi connectivity index (χ1v) is 13.4. The standard InChI is InChI=1S/C33H41NO2/c1-32(2,3)25-26-16-18-27(19-17-26)31(35)15-10-22-34-23-20-30(21-24-34)33(36,28-11-6-4-7-12-28)29-13-8-5-9-14-29/h4-9,11-14,16-19,30,36H,10,15,20-25H2,1-3H3. The SMILES string of the molecule is CC(C)(C)Cc1ccc(C(=O)CCCN2CCC(C(O)(c3ccccc3)c3ccccc3)CC2)cc1. The normalized spacial score (nSPS) is 15.7. The number of rotatable bonds is 9. The van der Waals surface area contributed by atoms with Crippen molar-refractivity contribution in [3.05, 3.63) is 107 Å². The van der Waals surface area contributed by atoms with E-state index in [4.69, 9.17) is 0 Å². The Morgan fingerprint density at radius 2 is 1.36 bits per heavy atom. The largest absolute Gasteiger partial charge is 0.380 e. The molecular formula is C33H41NO2. The van der Waals surface area contributed by atoms with Crippen LogP contribution in [0.1, 0.15) is 73.5 Å². The van der Waals surface area contributed by atoms with Crippen LogP contribution in [0.2, 0.25) is 0 Å². The first-order valence-electron chi connectivity index (χ1n) is 13.4. The molecule has 1 saturated heterocycles. The third kappa shape index (κ3) is 6.52. The molecule has 0 aliphatic carbocycles. The lowest BCUT2D eigenvalue weighted by Crippen LogP contribution is -2.44. The van der Waals surface area contributed by atoms with E-state index in [9.17, 15) is 9.90 Å². The number of benzene rings is 3. The second kappa shape index (κ2) is 11.5. The van der Waals surface area contributed by atoms with Crippen molar-refractivity contribution in [2.45, 2.75) is 58.5 Å². The van der Waals surface area contributed by atoms with Crippen LogP contribution >= 0.6 is 0 Å². The molecule has 0 amide bonds. The van der Waals surface area contributed by atoms with Crippen LogP contribution in [0.4, 0.5) is 0 Å². The molecule has 0 spiro atoms. The molecule has 4 rings (SSSR count). The molecule has 0 saturated carbocycles. The number of nitrogens with zero attached hydrogens (tertiary/aromatic N) is 1. The van der Waals surface area contributed by atoms with Gasteiger partial charge in [0.25, 0.3) is 0 Å². The van der Waals surface area contributed by atoms with Gasteiger partial charge in [0.05, 0.1) is 0 Å². The van der Waals surface area contributed by atoms with E-state index < -0.39 is 5.60 Å². The molecule has 0 unspecified atom stereocenters. The Hall–Kier alpha value is -2.75. The number of piperidine rings is 1. The van der Waals surface area contributed by atoms with Crippen LogP contribution in [-0.2, 0) is 12.0 Å². The molecule has 0 atom stereocenters. The first-order chi connectivity index (χ1) is 17.3. The van der Waals surface area contributed by atoms with Crippen LogP contribution in [0.5, 0.6) is 0 Å². The molecule has 1 N–H and O–H groups in total. The van der Waals surface area contributed by atoms with E-state index in [-0.39, 0.29) is 17.1 Å². The summed E-state index contributed by atoms with van der Waals surface area (Å²) < 4.78 is 0. The highest BCUT2D eigenvalue weighted by atomic mass is 16.3. The van der Waals surface area contributed by atoms with Gasteiger partial charge in [-0.3, -0.25) is 4.79 Å². The van der Waals surface area contributed by atoms with Gasteiger partial charge in [0, 0.05) is 12.0 Å². The summed E-state index contributed by atoms with van der Waals surface area (Å²) in [6, 6.07) is 28.4. The molecule has 1 aliphatic heterocycles. The highest BCUT2D eigenvalue weighted by Crippen LogP contribution is 2.41. The molecule has 0 aromatic heterocycles. The van der Waals surface area contributed by atoms with E-state index in [0.29, 0.717) is 6.42 Å². The van der Waals surface area contributed by atoms with Gasteiger partial charge in [-0.15, -0.1) is 0 Å². The van der Waals surface area contributed by atoms with E-state index in [1.54, 1.807) is 0 Å².